The van der Waals surface area contributed by atoms with Gasteiger partial charge in [-0.05, 0) is 6.07 Å². The first kappa shape index (κ1) is 10.2. The molecule has 6 heteroatoms. The number of benzene rings is 1. The highest BCUT2D eigenvalue weighted by molar-refractivity contribution is 5.42. The molecular weight excluding hydrogens is 221 g/mol. The first-order chi connectivity index (χ1) is 8.34. The summed E-state index contributed by atoms with van der Waals surface area (Å²) in [5.41, 5.74) is 1.48. The zero-order valence-corrected chi connectivity index (χ0v) is 9.15. The number of nitrogens with one attached hydrogen (secondary N) is 2. The van der Waals surface area contributed by atoms with Crippen molar-refractivity contribution in [1.29, 1.82) is 0 Å². The summed E-state index contributed by atoms with van der Waals surface area (Å²) in [6.45, 7) is 1.76. The van der Waals surface area contributed by atoms with Crippen LogP contribution in [0.1, 0.15) is 11.3 Å². The molecule has 1 aromatic heterocycles. The third-order valence-corrected chi connectivity index (χ3v) is 2.76. The van der Waals surface area contributed by atoms with Crippen LogP contribution in [0, 0.1) is 5.82 Å². The Hall–Kier alpha value is -1.95. The van der Waals surface area contributed by atoms with Crippen LogP contribution in [0.25, 0.3) is 0 Å². The summed E-state index contributed by atoms with van der Waals surface area (Å²) in [6.07, 6.45) is 0. The number of hydrogen-bond acceptors (Lipinski definition) is 4. The first-order valence-electron chi connectivity index (χ1n) is 5.45. The van der Waals surface area contributed by atoms with Crippen LogP contribution in [-0.4, -0.2) is 21.7 Å². The van der Waals surface area contributed by atoms with Crippen LogP contribution in [0.4, 0.5) is 10.2 Å². The molecular formula is C11H12FN5. The molecule has 0 fully saturated rings. The van der Waals surface area contributed by atoms with Gasteiger partial charge in [-0.3, -0.25) is 5.32 Å². The normalized spacial score (nSPS) is 14.2. The summed E-state index contributed by atoms with van der Waals surface area (Å²) in [5, 5.41) is 14.4. The van der Waals surface area contributed by atoms with Crippen LogP contribution >= 0.6 is 0 Å². The third kappa shape index (κ3) is 1.87. The Morgan fingerprint density at radius 2 is 2.24 bits per heavy atom. The second-order valence-corrected chi connectivity index (χ2v) is 3.91. The molecule has 0 atom stereocenters. The Balaban J connectivity index is 1.91. The van der Waals surface area contributed by atoms with E-state index in [4.69, 9.17) is 0 Å². The van der Waals surface area contributed by atoms with Gasteiger partial charge in [-0.25, -0.2) is 9.07 Å². The standard InChI is InChI=1S/C11H12FN5/c12-9-4-2-1-3-8(9)6-17-11-10(15-16-17)5-13-7-14-11/h1-4,13-14H,5-7H2. The Morgan fingerprint density at radius 1 is 1.35 bits per heavy atom. The van der Waals surface area contributed by atoms with Gasteiger partial charge >= 0.3 is 0 Å². The molecule has 0 radical (unpaired) electrons. The molecule has 0 aliphatic carbocycles. The maximum absolute atomic E-state index is 13.5. The Labute approximate surface area is 97.6 Å². The summed E-state index contributed by atoms with van der Waals surface area (Å²) < 4.78 is 15.2. The summed E-state index contributed by atoms with van der Waals surface area (Å²) >= 11 is 0. The number of rotatable bonds is 2. The summed E-state index contributed by atoms with van der Waals surface area (Å²) in [4.78, 5) is 0. The van der Waals surface area contributed by atoms with Gasteiger partial charge in [0.15, 0.2) is 5.82 Å². The first-order valence-corrected chi connectivity index (χ1v) is 5.45. The molecule has 3 rings (SSSR count). The van der Waals surface area contributed by atoms with E-state index in [9.17, 15) is 4.39 Å². The van der Waals surface area contributed by atoms with E-state index < -0.39 is 0 Å². The lowest BCUT2D eigenvalue weighted by Crippen LogP contribution is -2.28. The molecule has 0 saturated heterocycles. The predicted octanol–water partition coefficient (Wildman–Crippen LogP) is 0.938. The highest BCUT2D eigenvalue weighted by Crippen LogP contribution is 2.17. The average molecular weight is 233 g/mol. The van der Waals surface area contributed by atoms with Crippen molar-refractivity contribution in [2.24, 2.45) is 0 Å². The van der Waals surface area contributed by atoms with Crippen molar-refractivity contribution in [2.45, 2.75) is 13.1 Å². The summed E-state index contributed by atoms with van der Waals surface area (Å²) in [7, 11) is 0. The van der Waals surface area contributed by atoms with Crippen molar-refractivity contribution >= 4 is 5.82 Å². The van der Waals surface area contributed by atoms with Crippen LogP contribution in [0.2, 0.25) is 0 Å². The fraction of sp³-hybridized carbons (Fsp3) is 0.273. The molecule has 0 bridgehead atoms. The van der Waals surface area contributed by atoms with E-state index in [1.807, 2.05) is 6.07 Å². The molecule has 17 heavy (non-hydrogen) atoms. The number of aromatic nitrogens is 3. The summed E-state index contributed by atoms with van der Waals surface area (Å²) in [5.74, 6) is 0.651. The second-order valence-electron chi connectivity index (χ2n) is 3.91. The van der Waals surface area contributed by atoms with Crippen molar-refractivity contribution in [2.75, 3.05) is 12.0 Å². The average Bonchev–Trinajstić information content (AvgIpc) is 2.76. The molecule has 88 valence electrons. The molecule has 1 aliphatic rings. The van der Waals surface area contributed by atoms with E-state index in [-0.39, 0.29) is 5.82 Å². The number of fused-ring (bicyclic) bond motifs is 1. The van der Waals surface area contributed by atoms with Gasteiger partial charge in [0.2, 0.25) is 0 Å². The molecule has 0 amide bonds. The van der Waals surface area contributed by atoms with Gasteiger partial charge in [-0.1, -0.05) is 23.4 Å². The zero-order valence-electron chi connectivity index (χ0n) is 9.15. The fourth-order valence-corrected chi connectivity index (χ4v) is 1.89. The molecule has 5 nitrogen and oxygen atoms in total. The minimum absolute atomic E-state index is 0.217. The van der Waals surface area contributed by atoms with Crippen molar-refractivity contribution in [1.82, 2.24) is 20.3 Å². The molecule has 1 aliphatic heterocycles. The van der Waals surface area contributed by atoms with Gasteiger partial charge in [0.1, 0.15) is 11.5 Å². The molecule has 2 N–H and O–H groups in total. The van der Waals surface area contributed by atoms with Crippen molar-refractivity contribution in [3.63, 3.8) is 0 Å². The highest BCUT2D eigenvalue weighted by Gasteiger charge is 2.16. The van der Waals surface area contributed by atoms with Crippen LogP contribution < -0.4 is 10.6 Å². The van der Waals surface area contributed by atoms with Gasteiger partial charge < -0.3 is 5.32 Å². The summed E-state index contributed by atoms with van der Waals surface area (Å²) in [6, 6.07) is 6.70. The molecule has 0 unspecified atom stereocenters. The lowest BCUT2D eigenvalue weighted by molar-refractivity contribution is 0.578. The van der Waals surface area contributed by atoms with Gasteiger partial charge in [-0.15, -0.1) is 5.10 Å². The largest absolute Gasteiger partial charge is 0.356 e. The quantitative estimate of drug-likeness (QED) is 0.810. The van der Waals surface area contributed by atoms with E-state index in [0.717, 1.165) is 11.5 Å². The van der Waals surface area contributed by atoms with E-state index >= 15 is 0 Å². The molecule has 0 spiro atoms. The number of halogens is 1. The highest BCUT2D eigenvalue weighted by atomic mass is 19.1. The van der Waals surface area contributed by atoms with E-state index in [0.29, 0.717) is 25.3 Å². The van der Waals surface area contributed by atoms with E-state index in [1.54, 1.807) is 16.8 Å². The second kappa shape index (κ2) is 4.14. The van der Waals surface area contributed by atoms with Crippen LogP contribution in [0.5, 0.6) is 0 Å². The van der Waals surface area contributed by atoms with Crippen molar-refractivity contribution in [3.05, 3.63) is 41.3 Å². The number of nitrogens with zero attached hydrogens (tertiary/aromatic N) is 3. The van der Waals surface area contributed by atoms with Gasteiger partial charge in [0.25, 0.3) is 0 Å². The van der Waals surface area contributed by atoms with Crippen LogP contribution in [0.15, 0.2) is 24.3 Å². The number of anilines is 1. The molecule has 2 aromatic rings. The van der Waals surface area contributed by atoms with E-state index in [1.165, 1.54) is 6.07 Å². The Bertz CT molecular complexity index is 536. The van der Waals surface area contributed by atoms with Crippen molar-refractivity contribution in [3.8, 4) is 0 Å². The zero-order chi connectivity index (χ0) is 11.7. The predicted molar refractivity (Wildman–Crippen MR) is 60.9 cm³/mol. The Morgan fingerprint density at radius 3 is 3.12 bits per heavy atom. The van der Waals surface area contributed by atoms with Gasteiger partial charge in [0.05, 0.1) is 13.2 Å². The maximum atomic E-state index is 13.5. The molecule has 1 aromatic carbocycles. The minimum Gasteiger partial charge on any atom is -0.356 e. The molecule has 2 heterocycles. The van der Waals surface area contributed by atoms with Crippen LogP contribution in [0.3, 0.4) is 0 Å². The van der Waals surface area contributed by atoms with E-state index in [2.05, 4.69) is 20.9 Å². The minimum atomic E-state index is -0.217. The van der Waals surface area contributed by atoms with Crippen LogP contribution in [-0.2, 0) is 13.1 Å². The Kier molecular flexibility index (Phi) is 2.49. The SMILES string of the molecule is Fc1ccccc1Cn1nnc2c1NCNC2. The lowest BCUT2D eigenvalue weighted by Gasteiger charge is -2.15. The molecule has 0 saturated carbocycles. The van der Waals surface area contributed by atoms with Gasteiger partial charge in [0, 0.05) is 12.1 Å². The monoisotopic (exact) mass is 233 g/mol. The topological polar surface area (TPSA) is 54.8 Å². The third-order valence-electron chi connectivity index (χ3n) is 2.76. The lowest BCUT2D eigenvalue weighted by atomic mass is 10.2. The maximum Gasteiger partial charge on any atom is 0.150 e. The fourth-order valence-electron chi connectivity index (χ4n) is 1.89. The van der Waals surface area contributed by atoms with Crippen molar-refractivity contribution < 1.29 is 4.39 Å². The van der Waals surface area contributed by atoms with Gasteiger partial charge in [-0.2, -0.15) is 0 Å². The smallest absolute Gasteiger partial charge is 0.150 e. The number of hydrogen-bond donors (Lipinski definition) is 2.